The second kappa shape index (κ2) is 10.7. The molecule has 1 aliphatic heterocycles. The van der Waals surface area contributed by atoms with Gasteiger partial charge < -0.3 is 14.4 Å². The van der Waals surface area contributed by atoms with E-state index in [0.717, 1.165) is 62.9 Å². The van der Waals surface area contributed by atoms with Crippen molar-refractivity contribution in [2.75, 3.05) is 13.2 Å². The molecule has 4 aromatic rings. The lowest BCUT2D eigenvalue weighted by Gasteiger charge is -2.33. The first-order valence-electron chi connectivity index (χ1n) is 13.6. The van der Waals surface area contributed by atoms with Gasteiger partial charge in [-0.05, 0) is 77.2 Å². The van der Waals surface area contributed by atoms with E-state index in [0.29, 0.717) is 25.6 Å². The van der Waals surface area contributed by atoms with Crippen molar-refractivity contribution in [3.05, 3.63) is 65.3 Å². The number of aromatic nitrogens is 5. The van der Waals surface area contributed by atoms with E-state index in [1.54, 1.807) is 10.8 Å². The standard InChI is InChI=1S/C31H38FN5O2/c1-19(7-8-20(2)32)29(23-11-13-39-14-12-23)37-26-15-22(17-31(4,5)38)9-10-25(26)28-27(37)16-24(18-33-28)30-21(3)34-35-36(30)6/h7-10,15-16,18,23,29,38H,11-14,17H2,1-6H3/b19-7+,20-8+/t29-/m1/s1. The Bertz CT molecular complexity index is 1540. The number of benzene rings is 1. The number of aryl methyl sites for hydroxylation is 2. The van der Waals surface area contributed by atoms with Gasteiger partial charge in [0.1, 0.15) is 0 Å². The van der Waals surface area contributed by atoms with Gasteiger partial charge in [-0.1, -0.05) is 29.0 Å². The predicted molar refractivity (Wildman–Crippen MR) is 153 cm³/mol. The molecule has 0 saturated carbocycles. The monoisotopic (exact) mass is 531 g/mol. The molecule has 1 aromatic carbocycles. The van der Waals surface area contributed by atoms with E-state index < -0.39 is 5.60 Å². The van der Waals surface area contributed by atoms with Crippen molar-refractivity contribution in [1.29, 1.82) is 0 Å². The quantitative estimate of drug-likeness (QED) is 0.280. The van der Waals surface area contributed by atoms with Gasteiger partial charge in [0.15, 0.2) is 0 Å². The Morgan fingerprint density at radius 3 is 2.56 bits per heavy atom. The minimum absolute atomic E-state index is 0.0234. The van der Waals surface area contributed by atoms with E-state index in [1.165, 1.54) is 6.92 Å². The maximum absolute atomic E-state index is 13.9. The highest BCUT2D eigenvalue weighted by atomic mass is 19.1. The van der Waals surface area contributed by atoms with Gasteiger partial charge >= 0.3 is 0 Å². The first kappa shape index (κ1) is 27.2. The fraction of sp³-hybridized carbons (Fsp3) is 0.452. The fourth-order valence-corrected chi connectivity index (χ4v) is 6.01. The molecule has 0 bridgehead atoms. The lowest BCUT2D eigenvalue weighted by atomic mass is 9.86. The van der Waals surface area contributed by atoms with Crippen LogP contribution < -0.4 is 0 Å². The summed E-state index contributed by atoms with van der Waals surface area (Å²) in [5.41, 5.74) is 6.99. The molecule has 3 aromatic heterocycles. The lowest BCUT2D eigenvalue weighted by Crippen LogP contribution is -2.27. The third kappa shape index (κ3) is 5.54. The second-order valence-electron chi connectivity index (χ2n) is 11.5. The van der Waals surface area contributed by atoms with Crippen LogP contribution in [0.2, 0.25) is 0 Å². The van der Waals surface area contributed by atoms with Gasteiger partial charge in [-0.15, -0.1) is 5.10 Å². The summed E-state index contributed by atoms with van der Waals surface area (Å²) in [6.07, 6.45) is 7.70. The van der Waals surface area contributed by atoms with E-state index >= 15 is 0 Å². The van der Waals surface area contributed by atoms with Crippen LogP contribution in [-0.2, 0) is 18.2 Å². The van der Waals surface area contributed by atoms with Crippen LogP contribution in [-0.4, -0.2) is 48.5 Å². The maximum Gasteiger partial charge on any atom is 0.0968 e. The highest BCUT2D eigenvalue weighted by molar-refractivity contribution is 6.07. The van der Waals surface area contributed by atoms with Crippen molar-refractivity contribution in [3.63, 3.8) is 0 Å². The Morgan fingerprint density at radius 1 is 1.18 bits per heavy atom. The zero-order valence-electron chi connectivity index (χ0n) is 23.7. The third-order valence-corrected chi connectivity index (χ3v) is 7.64. The number of halogens is 1. The van der Waals surface area contributed by atoms with Crippen molar-refractivity contribution in [2.24, 2.45) is 13.0 Å². The summed E-state index contributed by atoms with van der Waals surface area (Å²) in [5, 5.41) is 20.1. The van der Waals surface area contributed by atoms with E-state index in [-0.39, 0.29) is 11.9 Å². The molecule has 1 N–H and O–H groups in total. The molecule has 1 saturated heterocycles. The molecule has 1 fully saturated rings. The Kier molecular flexibility index (Phi) is 7.44. The molecule has 1 aliphatic rings. The first-order chi connectivity index (χ1) is 18.5. The molecular weight excluding hydrogens is 493 g/mol. The van der Waals surface area contributed by atoms with E-state index in [9.17, 15) is 9.50 Å². The highest BCUT2D eigenvalue weighted by Gasteiger charge is 2.30. The number of nitrogens with zero attached hydrogens (tertiary/aromatic N) is 5. The molecule has 0 radical (unpaired) electrons. The van der Waals surface area contributed by atoms with Crippen LogP contribution in [0.15, 0.2) is 54.0 Å². The van der Waals surface area contributed by atoms with Crippen molar-refractivity contribution >= 4 is 21.9 Å². The SMILES string of the molecule is C/C(F)=C\C=C(/C)[C@H](C1CCOCC1)n1c2cc(CC(C)(C)O)ccc2c2ncc(-c3c(C)nnn3C)cc21. The molecule has 7 nitrogen and oxygen atoms in total. The minimum atomic E-state index is -0.834. The summed E-state index contributed by atoms with van der Waals surface area (Å²) in [6.45, 7) is 10.6. The van der Waals surface area contributed by atoms with E-state index in [4.69, 9.17) is 9.72 Å². The molecule has 0 aliphatic carbocycles. The zero-order chi connectivity index (χ0) is 27.9. The Hall–Kier alpha value is -3.36. The average Bonchev–Trinajstić information content (AvgIpc) is 3.38. The molecule has 0 spiro atoms. The van der Waals surface area contributed by atoms with Gasteiger partial charge in [0, 0.05) is 43.8 Å². The third-order valence-electron chi connectivity index (χ3n) is 7.64. The summed E-state index contributed by atoms with van der Waals surface area (Å²) in [5.74, 6) is 0.0849. The molecule has 5 rings (SSSR count). The van der Waals surface area contributed by atoms with Crippen LogP contribution in [0.4, 0.5) is 4.39 Å². The highest BCUT2D eigenvalue weighted by Crippen LogP contribution is 2.41. The summed E-state index contributed by atoms with van der Waals surface area (Å²) < 4.78 is 23.8. The Morgan fingerprint density at radius 2 is 1.92 bits per heavy atom. The molecule has 0 amide bonds. The van der Waals surface area contributed by atoms with Crippen molar-refractivity contribution < 1.29 is 14.2 Å². The van der Waals surface area contributed by atoms with Crippen LogP contribution in [0.3, 0.4) is 0 Å². The number of rotatable bonds is 7. The number of allylic oxidation sites excluding steroid dienone is 4. The first-order valence-corrected chi connectivity index (χ1v) is 13.6. The van der Waals surface area contributed by atoms with Crippen molar-refractivity contribution in [2.45, 2.75) is 65.5 Å². The van der Waals surface area contributed by atoms with Gasteiger partial charge in [0.2, 0.25) is 0 Å². The van der Waals surface area contributed by atoms with Gasteiger partial charge in [-0.25, -0.2) is 9.07 Å². The molecule has 39 heavy (non-hydrogen) atoms. The number of hydrogen-bond acceptors (Lipinski definition) is 5. The number of ether oxygens (including phenoxy) is 1. The Labute approximate surface area is 229 Å². The molecular formula is C31H38FN5O2. The molecule has 0 unspecified atom stereocenters. The predicted octanol–water partition coefficient (Wildman–Crippen LogP) is 6.39. The van der Waals surface area contributed by atoms with Gasteiger partial charge in [0.05, 0.1) is 45.4 Å². The van der Waals surface area contributed by atoms with Crippen LogP contribution in [0.5, 0.6) is 0 Å². The number of hydrogen-bond donors (Lipinski definition) is 1. The summed E-state index contributed by atoms with van der Waals surface area (Å²) in [6, 6.07) is 8.53. The number of pyridine rings is 1. The molecule has 4 heterocycles. The van der Waals surface area contributed by atoms with Gasteiger partial charge in [0.25, 0.3) is 0 Å². The summed E-state index contributed by atoms with van der Waals surface area (Å²) in [7, 11) is 1.89. The molecule has 206 valence electrons. The summed E-state index contributed by atoms with van der Waals surface area (Å²) in [4.78, 5) is 4.98. The van der Waals surface area contributed by atoms with Crippen molar-refractivity contribution in [1.82, 2.24) is 24.5 Å². The largest absolute Gasteiger partial charge is 0.390 e. The minimum Gasteiger partial charge on any atom is -0.390 e. The second-order valence-corrected chi connectivity index (χ2v) is 11.5. The number of aliphatic hydroxyl groups is 1. The lowest BCUT2D eigenvalue weighted by molar-refractivity contribution is 0.0547. The van der Waals surface area contributed by atoms with E-state index in [1.807, 2.05) is 40.1 Å². The van der Waals surface area contributed by atoms with Gasteiger partial charge in [-0.2, -0.15) is 0 Å². The number of fused-ring (bicyclic) bond motifs is 3. The fourth-order valence-electron chi connectivity index (χ4n) is 6.01. The Balaban J connectivity index is 1.82. The van der Waals surface area contributed by atoms with Crippen LogP contribution >= 0.6 is 0 Å². The normalized spacial score (nSPS) is 16.9. The average molecular weight is 532 g/mol. The summed E-state index contributed by atoms with van der Waals surface area (Å²) >= 11 is 0. The van der Waals surface area contributed by atoms with E-state index in [2.05, 4.69) is 46.1 Å². The van der Waals surface area contributed by atoms with Crippen LogP contribution in [0.1, 0.15) is 57.8 Å². The van der Waals surface area contributed by atoms with Crippen molar-refractivity contribution in [3.8, 4) is 11.3 Å². The van der Waals surface area contributed by atoms with Crippen LogP contribution in [0.25, 0.3) is 33.2 Å². The van der Waals surface area contributed by atoms with Gasteiger partial charge in [-0.3, -0.25) is 4.98 Å². The smallest absolute Gasteiger partial charge is 0.0968 e. The molecule has 8 heteroatoms. The maximum atomic E-state index is 13.9. The van der Waals surface area contributed by atoms with Crippen LogP contribution in [0, 0.1) is 12.8 Å². The zero-order valence-corrected chi connectivity index (χ0v) is 23.7. The molecule has 1 atom stereocenters. The topological polar surface area (TPSA) is 78.0 Å².